The zero-order valence-electron chi connectivity index (χ0n) is 14.1. The number of aliphatic imine (C=N–C) groups is 1. The van der Waals surface area contributed by atoms with Gasteiger partial charge < -0.3 is 20.1 Å². The molecule has 2 rings (SSSR count). The smallest absolute Gasteiger partial charge is 0.223 e. The predicted molar refractivity (Wildman–Crippen MR) is 86.7 cm³/mol. The Morgan fingerprint density at radius 1 is 1.41 bits per heavy atom. The predicted octanol–water partition coefficient (Wildman–Crippen LogP) is 1.16. The summed E-state index contributed by atoms with van der Waals surface area (Å²) in [5, 5.41) is 10.6. The Balaban J connectivity index is 1.72. The number of rotatable bonds is 5. The number of piperidine rings is 1. The van der Waals surface area contributed by atoms with E-state index in [1.807, 2.05) is 0 Å². The van der Waals surface area contributed by atoms with Crippen molar-refractivity contribution < 1.29 is 4.52 Å². The van der Waals surface area contributed by atoms with Crippen molar-refractivity contribution in [2.75, 3.05) is 26.7 Å². The average molecular weight is 308 g/mol. The second-order valence-corrected chi connectivity index (χ2v) is 6.27. The zero-order valence-corrected chi connectivity index (χ0v) is 14.1. The molecule has 0 aromatic carbocycles. The van der Waals surface area contributed by atoms with Gasteiger partial charge in [-0.3, -0.25) is 4.99 Å². The molecule has 1 aliphatic rings. The minimum absolute atomic E-state index is 0.474. The first-order valence-electron chi connectivity index (χ1n) is 8.05. The number of aromatic nitrogens is 2. The first-order valence-corrected chi connectivity index (χ1v) is 8.05. The van der Waals surface area contributed by atoms with Crippen molar-refractivity contribution in [2.45, 2.75) is 46.2 Å². The monoisotopic (exact) mass is 308 g/mol. The molecule has 2 heterocycles. The van der Waals surface area contributed by atoms with Gasteiger partial charge in [0.15, 0.2) is 11.8 Å². The fourth-order valence-corrected chi connectivity index (χ4v) is 2.74. The molecule has 0 aliphatic carbocycles. The standard InChI is InChI=1S/C15H28N6O/c1-11(2)10-21-7-5-13(6-8-21)19-15(16-4)17-9-14-18-12(3)22-20-14/h11,13H,5-10H2,1-4H3,(H2,16,17,19). The molecular weight excluding hydrogens is 280 g/mol. The van der Waals surface area contributed by atoms with Gasteiger partial charge in [-0.1, -0.05) is 19.0 Å². The van der Waals surface area contributed by atoms with E-state index >= 15 is 0 Å². The molecule has 22 heavy (non-hydrogen) atoms. The molecule has 7 nitrogen and oxygen atoms in total. The second kappa shape index (κ2) is 8.12. The molecule has 1 fully saturated rings. The van der Waals surface area contributed by atoms with Crippen LogP contribution in [0.25, 0.3) is 0 Å². The quantitative estimate of drug-likeness (QED) is 0.628. The van der Waals surface area contributed by atoms with E-state index in [-0.39, 0.29) is 0 Å². The Morgan fingerprint density at radius 2 is 2.14 bits per heavy atom. The summed E-state index contributed by atoms with van der Waals surface area (Å²) in [6.07, 6.45) is 2.30. The Kier molecular flexibility index (Phi) is 6.18. The van der Waals surface area contributed by atoms with Crippen molar-refractivity contribution in [2.24, 2.45) is 10.9 Å². The van der Waals surface area contributed by atoms with Crippen LogP contribution >= 0.6 is 0 Å². The van der Waals surface area contributed by atoms with Crippen molar-refractivity contribution in [3.05, 3.63) is 11.7 Å². The van der Waals surface area contributed by atoms with Crippen molar-refractivity contribution in [1.29, 1.82) is 0 Å². The Morgan fingerprint density at radius 3 is 2.68 bits per heavy atom. The average Bonchev–Trinajstić information content (AvgIpc) is 2.90. The van der Waals surface area contributed by atoms with Crippen LogP contribution in [0.4, 0.5) is 0 Å². The van der Waals surface area contributed by atoms with Crippen LogP contribution in [0.3, 0.4) is 0 Å². The second-order valence-electron chi connectivity index (χ2n) is 6.27. The maximum atomic E-state index is 4.96. The summed E-state index contributed by atoms with van der Waals surface area (Å²) in [4.78, 5) is 11.0. The van der Waals surface area contributed by atoms with Crippen molar-refractivity contribution >= 4 is 5.96 Å². The summed E-state index contributed by atoms with van der Waals surface area (Å²) < 4.78 is 4.96. The topological polar surface area (TPSA) is 78.6 Å². The van der Waals surface area contributed by atoms with Gasteiger partial charge in [0.25, 0.3) is 0 Å². The molecule has 7 heteroatoms. The van der Waals surface area contributed by atoms with Gasteiger partial charge in [-0.15, -0.1) is 0 Å². The third-order valence-corrected chi connectivity index (χ3v) is 3.76. The van der Waals surface area contributed by atoms with Crippen LogP contribution in [0.1, 0.15) is 38.4 Å². The van der Waals surface area contributed by atoms with Crippen LogP contribution in [0.5, 0.6) is 0 Å². The Hall–Kier alpha value is -1.63. The van der Waals surface area contributed by atoms with Gasteiger partial charge in [0.2, 0.25) is 5.89 Å². The zero-order chi connectivity index (χ0) is 15.9. The van der Waals surface area contributed by atoms with E-state index in [1.165, 1.54) is 6.54 Å². The lowest BCUT2D eigenvalue weighted by atomic mass is 10.0. The number of nitrogens with one attached hydrogen (secondary N) is 2. The first kappa shape index (κ1) is 16.7. The molecule has 0 saturated carbocycles. The number of hydrogen-bond donors (Lipinski definition) is 2. The molecule has 0 atom stereocenters. The van der Waals surface area contributed by atoms with E-state index in [0.717, 1.165) is 37.8 Å². The van der Waals surface area contributed by atoms with Gasteiger partial charge in [0.05, 0.1) is 6.54 Å². The van der Waals surface area contributed by atoms with Crippen LogP contribution in [0.2, 0.25) is 0 Å². The number of nitrogens with zero attached hydrogens (tertiary/aromatic N) is 4. The minimum atomic E-state index is 0.474. The highest BCUT2D eigenvalue weighted by atomic mass is 16.5. The highest BCUT2D eigenvalue weighted by molar-refractivity contribution is 5.79. The van der Waals surface area contributed by atoms with Crippen LogP contribution in [0, 0.1) is 12.8 Å². The SMILES string of the molecule is CN=C(NCc1noc(C)n1)NC1CCN(CC(C)C)CC1. The van der Waals surface area contributed by atoms with E-state index in [0.29, 0.717) is 24.3 Å². The van der Waals surface area contributed by atoms with Crippen molar-refractivity contribution in [3.8, 4) is 0 Å². The summed E-state index contributed by atoms with van der Waals surface area (Å²) in [5.74, 6) is 2.76. The summed E-state index contributed by atoms with van der Waals surface area (Å²) in [5.41, 5.74) is 0. The molecule has 1 aromatic rings. The number of likely N-dealkylation sites (tertiary alicyclic amines) is 1. The molecule has 0 unspecified atom stereocenters. The van der Waals surface area contributed by atoms with Crippen molar-refractivity contribution in [1.82, 2.24) is 25.7 Å². The molecule has 0 radical (unpaired) electrons. The van der Waals surface area contributed by atoms with Gasteiger partial charge in [-0.2, -0.15) is 4.98 Å². The third-order valence-electron chi connectivity index (χ3n) is 3.76. The number of aryl methyl sites for hydroxylation is 1. The normalized spacial score (nSPS) is 18.0. The highest BCUT2D eigenvalue weighted by Gasteiger charge is 2.20. The van der Waals surface area contributed by atoms with E-state index in [1.54, 1.807) is 14.0 Å². The van der Waals surface area contributed by atoms with Gasteiger partial charge in [0, 0.05) is 39.6 Å². The Labute approximate surface area is 132 Å². The molecule has 1 saturated heterocycles. The Bertz CT molecular complexity index is 476. The van der Waals surface area contributed by atoms with E-state index in [4.69, 9.17) is 4.52 Å². The fraction of sp³-hybridized carbons (Fsp3) is 0.800. The van der Waals surface area contributed by atoms with Crippen molar-refractivity contribution in [3.63, 3.8) is 0 Å². The largest absolute Gasteiger partial charge is 0.354 e. The van der Waals surface area contributed by atoms with E-state index in [9.17, 15) is 0 Å². The molecule has 0 spiro atoms. The van der Waals surface area contributed by atoms with Gasteiger partial charge in [0.1, 0.15) is 0 Å². The summed E-state index contributed by atoms with van der Waals surface area (Å²) in [6, 6.07) is 0.474. The highest BCUT2D eigenvalue weighted by Crippen LogP contribution is 2.12. The third kappa shape index (κ3) is 5.29. The maximum absolute atomic E-state index is 4.96. The van der Waals surface area contributed by atoms with Gasteiger partial charge in [-0.25, -0.2) is 0 Å². The number of hydrogen-bond acceptors (Lipinski definition) is 5. The van der Waals surface area contributed by atoms with Crippen LogP contribution in [0.15, 0.2) is 9.52 Å². The summed E-state index contributed by atoms with van der Waals surface area (Å²) >= 11 is 0. The van der Waals surface area contributed by atoms with Crippen LogP contribution in [-0.2, 0) is 6.54 Å². The molecule has 1 aliphatic heterocycles. The molecule has 0 amide bonds. The minimum Gasteiger partial charge on any atom is -0.354 e. The molecule has 0 bridgehead atoms. The summed E-state index contributed by atoms with van der Waals surface area (Å²) in [6.45, 7) is 10.3. The van der Waals surface area contributed by atoms with E-state index in [2.05, 4.69) is 44.5 Å². The first-order chi connectivity index (χ1) is 10.6. The molecule has 124 valence electrons. The lowest BCUT2D eigenvalue weighted by Crippen LogP contribution is -2.49. The van der Waals surface area contributed by atoms with Gasteiger partial charge >= 0.3 is 0 Å². The maximum Gasteiger partial charge on any atom is 0.223 e. The lowest BCUT2D eigenvalue weighted by molar-refractivity contribution is 0.187. The fourth-order valence-electron chi connectivity index (χ4n) is 2.74. The summed E-state index contributed by atoms with van der Waals surface area (Å²) in [7, 11) is 1.78. The lowest BCUT2D eigenvalue weighted by Gasteiger charge is -2.33. The molecule has 2 N–H and O–H groups in total. The van der Waals surface area contributed by atoms with Gasteiger partial charge in [-0.05, 0) is 18.8 Å². The number of guanidine groups is 1. The van der Waals surface area contributed by atoms with Crippen LogP contribution in [-0.4, -0.2) is 53.7 Å². The molecule has 1 aromatic heterocycles. The van der Waals surface area contributed by atoms with Crippen LogP contribution < -0.4 is 10.6 Å². The van der Waals surface area contributed by atoms with E-state index < -0.39 is 0 Å². The molecular formula is C15H28N6O.